The highest BCUT2D eigenvalue weighted by Crippen LogP contribution is 2.20. The fraction of sp³-hybridized carbons (Fsp3) is 0.393. The molecule has 0 saturated carbocycles. The number of rotatable bonds is 9. The molecule has 3 aromatic rings. The number of hydrogen-bond donors (Lipinski definition) is 3. The smallest absolute Gasteiger partial charge is 0.408 e. The van der Waals surface area contributed by atoms with Crippen molar-refractivity contribution in [3.63, 3.8) is 0 Å². The van der Waals surface area contributed by atoms with Crippen LogP contribution in [0.5, 0.6) is 0 Å². The summed E-state index contributed by atoms with van der Waals surface area (Å²) in [5, 5.41) is 6.40. The molecule has 36 heavy (non-hydrogen) atoms. The normalized spacial score (nSPS) is 13.2. The molecule has 0 aliphatic carbocycles. The van der Waals surface area contributed by atoms with Crippen LogP contribution in [0, 0.1) is 5.92 Å². The van der Waals surface area contributed by atoms with Gasteiger partial charge >= 0.3 is 12.1 Å². The van der Waals surface area contributed by atoms with Crippen molar-refractivity contribution in [2.24, 2.45) is 5.92 Å². The summed E-state index contributed by atoms with van der Waals surface area (Å²) in [6.45, 7) is 8.95. The topological polar surface area (TPSA) is 110 Å². The molecule has 0 radical (unpaired) electrons. The van der Waals surface area contributed by atoms with E-state index in [1.807, 2.05) is 74.6 Å². The summed E-state index contributed by atoms with van der Waals surface area (Å²) in [7, 11) is 0. The molecule has 2 amide bonds. The van der Waals surface area contributed by atoms with E-state index in [1.165, 1.54) is 0 Å². The van der Waals surface area contributed by atoms with Gasteiger partial charge in [0.1, 0.15) is 24.3 Å². The highest BCUT2D eigenvalue weighted by molar-refractivity contribution is 5.91. The van der Waals surface area contributed by atoms with Gasteiger partial charge in [0.15, 0.2) is 0 Å². The van der Waals surface area contributed by atoms with Crippen molar-refractivity contribution in [1.29, 1.82) is 0 Å². The first-order valence-electron chi connectivity index (χ1n) is 12.1. The van der Waals surface area contributed by atoms with E-state index in [2.05, 4.69) is 15.6 Å². The Morgan fingerprint density at radius 3 is 2.28 bits per heavy atom. The minimum atomic E-state index is -0.956. The van der Waals surface area contributed by atoms with E-state index in [0.29, 0.717) is 0 Å². The molecular formula is C28H35N3O5. The van der Waals surface area contributed by atoms with Crippen molar-refractivity contribution in [1.82, 2.24) is 15.6 Å². The Kier molecular flexibility index (Phi) is 8.74. The fourth-order valence-corrected chi connectivity index (χ4v) is 3.77. The first-order chi connectivity index (χ1) is 17.0. The van der Waals surface area contributed by atoms with Crippen LogP contribution in [0.1, 0.15) is 45.7 Å². The molecule has 1 heterocycles. The summed E-state index contributed by atoms with van der Waals surface area (Å²) in [6, 6.07) is 15.2. The first kappa shape index (κ1) is 26.8. The number of benzene rings is 2. The molecule has 2 atom stereocenters. The summed E-state index contributed by atoms with van der Waals surface area (Å²) in [5.41, 5.74) is 1.94. The molecule has 8 heteroatoms. The van der Waals surface area contributed by atoms with Crippen molar-refractivity contribution in [2.75, 3.05) is 0 Å². The van der Waals surface area contributed by atoms with Crippen molar-refractivity contribution in [2.45, 2.75) is 65.3 Å². The highest BCUT2D eigenvalue weighted by atomic mass is 16.6. The number of esters is 1. The quantitative estimate of drug-likeness (QED) is 0.381. The SMILES string of the molecule is CC(C)C(NC(=O)OC(C)(C)C)C(=O)NC(Cc1c[nH]c2ccccc12)C(=O)OCc1ccccc1. The molecule has 8 nitrogen and oxygen atoms in total. The summed E-state index contributed by atoms with van der Waals surface area (Å²) in [5.74, 6) is -1.29. The number of nitrogens with one attached hydrogen (secondary N) is 3. The molecule has 1 aromatic heterocycles. The van der Waals surface area contributed by atoms with Crippen LogP contribution in [0.15, 0.2) is 60.8 Å². The summed E-state index contributed by atoms with van der Waals surface area (Å²) in [6.07, 6.45) is 1.35. The maximum Gasteiger partial charge on any atom is 0.408 e. The third-order valence-electron chi connectivity index (χ3n) is 5.55. The van der Waals surface area contributed by atoms with Gasteiger partial charge in [0.05, 0.1) is 0 Å². The number of aromatic amines is 1. The summed E-state index contributed by atoms with van der Waals surface area (Å²) in [4.78, 5) is 42.0. The van der Waals surface area contributed by atoms with E-state index in [-0.39, 0.29) is 18.9 Å². The Balaban J connectivity index is 1.78. The number of aromatic nitrogens is 1. The molecule has 0 bridgehead atoms. The number of carbonyl (C=O) groups is 3. The fourth-order valence-electron chi connectivity index (χ4n) is 3.77. The van der Waals surface area contributed by atoms with Gasteiger partial charge in [-0.25, -0.2) is 9.59 Å². The molecule has 0 fully saturated rings. The lowest BCUT2D eigenvalue weighted by molar-refractivity contribution is -0.149. The van der Waals surface area contributed by atoms with Crippen LogP contribution in [0.4, 0.5) is 4.79 Å². The zero-order valence-electron chi connectivity index (χ0n) is 21.5. The molecule has 0 aliphatic rings. The monoisotopic (exact) mass is 493 g/mol. The van der Waals surface area contributed by atoms with Crippen LogP contribution in [0.2, 0.25) is 0 Å². The van der Waals surface area contributed by atoms with Crippen molar-refractivity contribution >= 4 is 28.9 Å². The molecule has 2 unspecified atom stereocenters. The van der Waals surface area contributed by atoms with Crippen molar-refractivity contribution in [3.8, 4) is 0 Å². The van der Waals surface area contributed by atoms with Gasteiger partial charge in [0.25, 0.3) is 0 Å². The predicted octanol–water partition coefficient (Wildman–Crippen LogP) is 4.49. The zero-order chi connectivity index (χ0) is 26.3. The number of amides is 2. The van der Waals surface area contributed by atoms with Gasteiger partial charge in [0.2, 0.25) is 5.91 Å². The Labute approximate surface area is 211 Å². The van der Waals surface area contributed by atoms with E-state index in [0.717, 1.165) is 22.0 Å². The van der Waals surface area contributed by atoms with Crippen LogP contribution in [0.25, 0.3) is 10.9 Å². The molecule has 0 aliphatic heterocycles. The molecule has 192 valence electrons. The van der Waals surface area contributed by atoms with Gasteiger partial charge in [-0.3, -0.25) is 4.79 Å². The molecule has 2 aromatic carbocycles. The van der Waals surface area contributed by atoms with Crippen LogP contribution < -0.4 is 10.6 Å². The van der Waals surface area contributed by atoms with Crippen LogP contribution in [-0.2, 0) is 32.1 Å². The number of para-hydroxylation sites is 1. The van der Waals surface area contributed by atoms with E-state index in [9.17, 15) is 14.4 Å². The lowest BCUT2D eigenvalue weighted by Gasteiger charge is -2.26. The third-order valence-corrected chi connectivity index (χ3v) is 5.55. The summed E-state index contributed by atoms with van der Waals surface area (Å²) >= 11 is 0. The van der Waals surface area contributed by atoms with Gasteiger partial charge in [-0.2, -0.15) is 0 Å². The minimum absolute atomic E-state index is 0.0870. The third kappa shape index (κ3) is 7.60. The lowest BCUT2D eigenvalue weighted by Crippen LogP contribution is -2.55. The van der Waals surface area contributed by atoms with Gasteiger partial charge < -0.3 is 25.1 Å². The standard InChI is InChI=1S/C28H35N3O5/c1-18(2)24(31-27(34)36-28(3,4)5)25(32)30-23(26(33)35-17-19-11-7-6-8-12-19)15-20-16-29-22-14-10-9-13-21(20)22/h6-14,16,18,23-24,29H,15,17H2,1-5H3,(H,30,32)(H,31,34). The largest absolute Gasteiger partial charge is 0.459 e. The van der Waals surface area contributed by atoms with Gasteiger partial charge in [-0.15, -0.1) is 0 Å². The molecular weight excluding hydrogens is 458 g/mol. The summed E-state index contributed by atoms with van der Waals surface area (Å²) < 4.78 is 10.9. The van der Waals surface area contributed by atoms with E-state index < -0.39 is 35.7 Å². The highest BCUT2D eigenvalue weighted by Gasteiger charge is 2.31. The molecule has 0 spiro atoms. The maximum absolute atomic E-state index is 13.3. The van der Waals surface area contributed by atoms with E-state index >= 15 is 0 Å². The Bertz CT molecular complexity index is 1180. The average Bonchev–Trinajstić information content (AvgIpc) is 3.22. The second-order valence-electron chi connectivity index (χ2n) is 10.1. The molecule has 3 rings (SSSR count). The molecule has 3 N–H and O–H groups in total. The number of ether oxygens (including phenoxy) is 2. The second-order valence-corrected chi connectivity index (χ2v) is 10.1. The minimum Gasteiger partial charge on any atom is -0.459 e. The van der Waals surface area contributed by atoms with Crippen LogP contribution in [-0.4, -0.2) is 40.6 Å². The maximum atomic E-state index is 13.3. The number of alkyl carbamates (subject to hydrolysis) is 1. The van der Waals surface area contributed by atoms with E-state index in [1.54, 1.807) is 20.8 Å². The van der Waals surface area contributed by atoms with E-state index in [4.69, 9.17) is 9.47 Å². The number of fused-ring (bicyclic) bond motifs is 1. The van der Waals surface area contributed by atoms with Gasteiger partial charge in [-0.1, -0.05) is 62.4 Å². The first-order valence-corrected chi connectivity index (χ1v) is 12.1. The van der Waals surface area contributed by atoms with Crippen molar-refractivity contribution in [3.05, 3.63) is 71.9 Å². The number of hydrogen-bond acceptors (Lipinski definition) is 5. The number of H-pyrrole nitrogens is 1. The van der Waals surface area contributed by atoms with Crippen LogP contribution in [0.3, 0.4) is 0 Å². The van der Waals surface area contributed by atoms with Crippen molar-refractivity contribution < 1.29 is 23.9 Å². The van der Waals surface area contributed by atoms with Gasteiger partial charge in [-0.05, 0) is 43.9 Å². The second kappa shape index (κ2) is 11.7. The van der Waals surface area contributed by atoms with Gasteiger partial charge in [0, 0.05) is 23.5 Å². The Morgan fingerprint density at radius 2 is 1.61 bits per heavy atom. The van der Waals surface area contributed by atoms with Crippen LogP contribution >= 0.6 is 0 Å². The number of carbonyl (C=O) groups excluding carboxylic acids is 3. The average molecular weight is 494 g/mol. The predicted molar refractivity (Wildman–Crippen MR) is 138 cm³/mol. The molecule has 0 saturated heterocycles. The Hall–Kier alpha value is -3.81. The lowest BCUT2D eigenvalue weighted by atomic mass is 10.0. The Morgan fingerprint density at radius 1 is 0.944 bits per heavy atom. The zero-order valence-corrected chi connectivity index (χ0v) is 21.5.